The van der Waals surface area contributed by atoms with E-state index >= 15 is 0 Å². The van der Waals surface area contributed by atoms with Gasteiger partial charge in [-0.15, -0.1) is 0 Å². The molecule has 0 aliphatic rings. The lowest BCUT2D eigenvalue weighted by Crippen LogP contribution is -2.07. The van der Waals surface area contributed by atoms with Crippen LogP contribution in [0.1, 0.15) is 41.2 Å². The van der Waals surface area contributed by atoms with Crippen LogP contribution in [0.15, 0.2) is 90.2 Å². The van der Waals surface area contributed by atoms with Crippen LogP contribution in [-0.4, -0.2) is 29.4 Å². The zero-order valence-corrected chi connectivity index (χ0v) is 18.7. The van der Waals surface area contributed by atoms with Gasteiger partial charge in [-0.05, 0) is 48.9 Å². The van der Waals surface area contributed by atoms with Crippen LogP contribution in [0.5, 0.6) is 0 Å². The van der Waals surface area contributed by atoms with E-state index in [9.17, 15) is 5.11 Å². The number of imidazole rings is 2. The van der Waals surface area contributed by atoms with E-state index in [2.05, 4.69) is 39.1 Å². The largest absolute Gasteiger partial charge is 0.385 e. The maximum atomic E-state index is 9.81. The fourth-order valence-corrected chi connectivity index (χ4v) is 3.67. The Morgan fingerprint density at radius 3 is 2.35 bits per heavy atom. The predicted molar refractivity (Wildman–Crippen MR) is 128 cm³/mol. The number of benzene rings is 2. The predicted octanol–water partition coefficient (Wildman–Crippen LogP) is 4.28. The summed E-state index contributed by atoms with van der Waals surface area (Å²) >= 11 is 0. The molecule has 0 bridgehead atoms. The lowest BCUT2D eigenvalue weighted by atomic mass is 10.1. The van der Waals surface area contributed by atoms with Crippen molar-refractivity contribution in [3.63, 3.8) is 0 Å². The topological polar surface area (TPSA) is 81.9 Å². The van der Waals surface area contributed by atoms with Gasteiger partial charge < -0.3 is 18.8 Å². The van der Waals surface area contributed by atoms with E-state index in [1.54, 1.807) is 19.3 Å². The molecule has 7 heteroatoms. The smallest absolute Gasteiger partial charge is 0.167 e. The SMILES string of the molecule is C[C@H](O)c1nccn1Cc1cc(-c2ccc(C#Cc3ccc(Cn4ccnc4)cc3)cc2)on1. The number of aliphatic hydroxyl groups is 1. The van der Waals surface area contributed by atoms with Crippen LogP contribution in [-0.2, 0) is 13.1 Å². The second kappa shape index (κ2) is 9.61. The highest BCUT2D eigenvalue weighted by molar-refractivity contribution is 5.59. The third kappa shape index (κ3) is 4.98. The number of aromatic nitrogens is 5. The Bertz CT molecular complexity index is 1420. The Morgan fingerprint density at radius 1 is 0.941 bits per heavy atom. The number of nitrogens with zero attached hydrogens (tertiary/aromatic N) is 5. The van der Waals surface area contributed by atoms with Gasteiger partial charge in [0, 0.05) is 54.1 Å². The maximum absolute atomic E-state index is 9.81. The van der Waals surface area contributed by atoms with Gasteiger partial charge in [0.15, 0.2) is 5.76 Å². The first-order valence-electron chi connectivity index (χ1n) is 11.0. The highest BCUT2D eigenvalue weighted by Gasteiger charge is 2.12. The lowest BCUT2D eigenvalue weighted by molar-refractivity contribution is 0.184. The molecule has 1 atom stereocenters. The second-order valence-corrected chi connectivity index (χ2v) is 8.03. The summed E-state index contributed by atoms with van der Waals surface area (Å²) in [6, 6.07) is 18.0. The van der Waals surface area contributed by atoms with Crippen LogP contribution < -0.4 is 0 Å². The third-order valence-corrected chi connectivity index (χ3v) is 5.41. The zero-order valence-electron chi connectivity index (χ0n) is 18.7. The number of hydrogen-bond donors (Lipinski definition) is 1. The second-order valence-electron chi connectivity index (χ2n) is 8.03. The highest BCUT2D eigenvalue weighted by atomic mass is 16.5. The van der Waals surface area contributed by atoms with Crippen molar-refractivity contribution in [1.29, 1.82) is 0 Å². The molecular weight excluding hydrogens is 426 g/mol. The monoisotopic (exact) mass is 449 g/mol. The van der Waals surface area contributed by atoms with Crippen LogP contribution in [0.4, 0.5) is 0 Å². The first-order chi connectivity index (χ1) is 16.6. The Labute approximate surface area is 197 Å². The average Bonchev–Trinajstić information content (AvgIpc) is 3.62. The van der Waals surface area contributed by atoms with Crippen molar-refractivity contribution < 1.29 is 9.63 Å². The van der Waals surface area contributed by atoms with Gasteiger partial charge in [0.2, 0.25) is 0 Å². The average molecular weight is 450 g/mol. The summed E-state index contributed by atoms with van der Waals surface area (Å²) in [5.74, 6) is 7.71. The van der Waals surface area contributed by atoms with Crippen LogP contribution in [0.3, 0.4) is 0 Å². The molecule has 0 saturated carbocycles. The molecule has 0 saturated heterocycles. The normalized spacial score (nSPS) is 11.7. The van der Waals surface area contributed by atoms with E-state index in [1.807, 2.05) is 70.3 Å². The summed E-state index contributed by atoms with van der Waals surface area (Å²) in [6.07, 6.45) is 8.38. The molecule has 7 nitrogen and oxygen atoms in total. The molecule has 2 aromatic carbocycles. The van der Waals surface area contributed by atoms with Gasteiger partial charge in [0.1, 0.15) is 17.6 Å². The van der Waals surface area contributed by atoms with Crippen LogP contribution in [0.25, 0.3) is 11.3 Å². The molecule has 3 heterocycles. The fraction of sp³-hybridized carbons (Fsp3) is 0.148. The van der Waals surface area contributed by atoms with Crippen LogP contribution >= 0.6 is 0 Å². The van der Waals surface area contributed by atoms with E-state index in [1.165, 1.54) is 5.56 Å². The Kier molecular flexibility index (Phi) is 6.06. The van der Waals surface area contributed by atoms with Gasteiger partial charge in [-0.2, -0.15) is 0 Å². The summed E-state index contributed by atoms with van der Waals surface area (Å²) in [4.78, 5) is 8.25. The number of aliphatic hydroxyl groups excluding tert-OH is 1. The Balaban J connectivity index is 1.23. The Morgan fingerprint density at radius 2 is 1.68 bits per heavy atom. The van der Waals surface area contributed by atoms with Gasteiger partial charge in [-0.1, -0.05) is 29.1 Å². The molecule has 1 N–H and O–H groups in total. The van der Waals surface area contributed by atoms with Crippen molar-refractivity contribution in [1.82, 2.24) is 24.3 Å². The van der Waals surface area contributed by atoms with Crippen molar-refractivity contribution in [3.8, 4) is 23.2 Å². The minimum Gasteiger partial charge on any atom is -0.385 e. The lowest BCUT2D eigenvalue weighted by Gasteiger charge is -2.07. The molecule has 5 aromatic rings. The molecule has 0 fully saturated rings. The number of hydrogen-bond acceptors (Lipinski definition) is 5. The van der Waals surface area contributed by atoms with Gasteiger partial charge >= 0.3 is 0 Å². The van der Waals surface area contributed by atoms with Crippen LogP contribution in [0, 0.1) is 11.8 Å². The molecule has 3 aromatic heterocycles. The summed E-state index contributed by atoms with van der Waals surface area (Å²) < 4.78 is 9.42. The molecule has 168 valence electrons. The molecule has 0 unspecified atom stereocenters. The minimum atomic E-state index is -0.643. The first-order valence-corrected chi connectivity index (χ1v) is 11.0. The molecule has 0 aliphatic heterocycles. The van der Waals surface area contributed by atoms with E-state index in [0.29, 0.717) is 18.1 Å². The first kappa shape index (κ1) is 21.4. The highest BCUT2D eigenvalue weighted by Crippen LogP contribution is 2.22. The Hall–Kier alpha value is -4.41. The van der Waals surface area contributed by atoms with E-state index < -0.39 is 6.10 Å². The summed E-state index contributed by atoms with van der Waals surface area (Å²) in [6.45, 7) is 2.96. The maximum Gasteiger partial charge on any atom is 0.167 e. The van der Waals surface area contributed by atoms with Gasteiger partial charge in [0.25, 0.3) is 0 Å². The third-order valence-electron chi connectivity index (χ3n) is 5.41. The van der Waals surface area contributed by atoms with Crippen LogP contribution in [0.2, 0.25) is 0 Å². The standard InChI is InChI=1S/C27H23N5O2/c1-20(33)27-29-13-15-32(27)18-25-16-26(34-30-25)24-10-8-22(9-11-24)3-2-21-4-6-23(7-5-21)17-31-14-12-28-19-31/h4-16,19-20,33H,17-18H2,1H3/t20-/m0/s1. The van der Waals surface area contributed by atoms with Crippen molar-refractivity contribution in [2.75, 3.05) is 0 Å². The van der Waals surface area contributed by atoms with E-state index in [-0.39, 0.29) is 0 Å². The molecule has 0 aliphatic carbocycles. The number of rotatable bonds is 6. The summed E-state index contributed by atoms with van der Waals surface area (Å²) in [7, 11) is 0. The zero-order chi connectivity index (χ0) is 23.3. The molecule has 0 radical (unpaired) electrons. The molecule has 0 amide bonds. The quantitative estimate of drug-likeness (QED) is 0.391. The molecule has 5 rings (SSSR count). The molecular formula is C27H23N5O2. The van der Waals surface area contributed by atoms with Crippen molar-refractivity contribution in [2.24, 2.45) is 0 Å². The fourth-order valence-electron chi connectivity index (χ4n) is 3.67. The van der Waals surface area contributed by atoms with Crippen molar-refractivity contribution in [2.45, 2.75) is 26.1 Å². The van der Waals surface area contributed by atoms with E-state index in [4.69, 9.17) is 4.52 Å². The van der Waals surface area contributed by atoms with Crippen molar-refractivity contribution in [3.05, 3.63) is 114 Å². The van der Waals surface area contributed by atoms with Gasteiger partial charge in [-0.25, -0.2) is 9.97 Å². The van der Waals surface area contributed by atoms with E-state index in [0.717, 1.165) is 28.9 Å². The van der Waals surface area contributed by atoms with Gasteiger partial charge in [0.05, 0.1) is 12.9 Å². The summed E-state index contributed by atoms with van der Waals surface area (Å²) in [5, 5.41) is 14.0. The van der Waals surface area contributed by atoms with Gasteiger partial charge in [-0.3, -0.25) is 0 Å². The molecule has 0 spiro atoms. The molecule has 34 heavy (non-hydrogen) atoms. The summed E-state index contributed by atoms with van der Waals surface area (Å²) in [5.41, 5.74) is 4.78. The van der Waals surface area contributed by atoms with Crippen molar-refractivity contribution >= 4 is 0 Å². The minimum absolute atomic E-state index is 0.481.